The summed E-state index contributed by atoms with van der Waals surface area (Å²) in [6, 6.07) is 17.4. The van der Waals surface area contributed by atoms with Crippen LogP contribution in [0.1, 0.15) is 22.2 Å². The molecule has 162 valence electrons. The van der Waals surface area contributed by atoms with E-state index in [1.807, 2.05) is 24.3 Å². The monoisotopic (exact) mass is 423 g/mol. The zero-order chi connectivity index (χ0) is 21.6. The Morgan fingerprint density at radius 1 is 1.06 bits per heavy atom. The van der Waals surface area contributed by atoms with Gasteiger partial charge in [-0.15, -0.1) is 0 Å². The number of hydrogen-bond acceptors (Lipinski definition) is 5. The first kappa shape index (κ1) is 20.9. The summed E-state index contributed by atoms with van der Waals surface area (Å²) in [4.78, 5) is 17.2. The fraction of sp³-hybridized carbons (Fsp3) is 0.292. The molecule has 0 spiro atoms. The molecule has 3 aromatic rings. The molecule has 0 saturated carbocycles. The van der Waals surface area contributed by atoms with E-state index in [0.717, 1.165) is 37.6 Å². The molecule has 1 aliphatic rings. The minimum atomic E-state index is -0.229. The third-order valence-corrected chi connectivity index (χ3v) is 5.63. The summed E-state index contributed by atoms with van der Waals surface area (Å²) in [6.07, 6.45) is 1.66. The molecule has 1 atom stereocenters. The Labute approximate surface area is 181 Å². The Morgan fingerprint density at radius 2 is 1.77 bits per heavy atom. The van der Waals surface area contributed by atoms with Crippen LogP contribution in [0.25, 0.3) is 0 Å². The van der Waals surface area contributed by atoms with Crippen molar-refractivity contribution < 1.29 is 18.3 Å². The van der Waals surface area contributed by atoms with Gasteiger partial charge in [-0.25, -0.2) is 4.39 Å². The predicted octanol–water partition coefficient (Wildman–Crippen LogP) is 3.72. The van der Waals surface area contributed by atoms with Gasteiger partial charge in [-0.3, -0.25) is 9.69 Å². The first-order valence-electron chi connectivity index (χ1n) is 10.3. The lowest BCUT2D eigenvalue weighted by Gasteiger charge is -2.39. The van der Waals surface area contributed by atoms with Gasteiger partial charge in [0.2, 0.25) is 0 Å². The smallest absolute Gasteiger partial charge is 0.251 e. The van der Waals surface area contributed by atoms with Crippen LogP contribution in [-0.4, -0.2) is 50.6 Å². The molecule has 6 nitrogen and oxygen atoms in total. The first-order valence-corrected chi connectivity index (χ1v) is 10.3. The minimum absolute atomic E-state index is 0.0624. The number of ether oxygens (including phenoxy) is 1. The van der Waals surface area contributed by atoms with E-state index in [2.05, 4.69) is 15.1 Å². The topological polar surface area (TPSA) is 58.0 Å². The van der Waals surface area contributed by atoms with Crippen LogP contribution in [0.5, 0.6) is 5.75 Å². The van der Waals surface area contributed by atoms with E-state index in [-0.39, 0.29) is 17.8 Å². The lowest BCUT2D eigenvalue weighted by molar-refractivity contribution is 0.0923. The number of hydrogen-bond donors (Lipinski definition) is 1. The lowest BCUT2D eigenvalue weighted by atomic mass is 10.1. The third-order valence-electron chi connectivity index (χ3n) is 5.63. The average Bonchev–Trinajstić information content (AvgIpc) is 3.35. The molecule has 0 bridgehead atoms. The Hall–Kier alpha value is -3.32. The molecule has 1 aliphatic heterocycles. The van der Waals surface area contributed by atoms with Crippen LogP contribution in [0.15, 0.2) is 71.3 Å². The average molecular weight is 423 g/mol. The number of methoxy groups -OCH3 is 1. The maximum absolute atomic E-state index is 13.2. The van der Waals surface area contributed by atoms with Gasteiger partial charge in [0.05, 0.1) is 19.4 Å². The Bertz CT molecular complexity index is 966. The van der Waals surface area contributed by atoms with Gasteiger partial charge in [0.25, 0.3) is 5.91 Å². The van der Waals surface area contributed by atoms with Crippen molar-refractivity contribution in [3.05, 3.63) is 84.1 Å². The lowest BCUT2D eigenvalue weighted by Crippen LogP contribution is -2.49. The van der Waals surface area contributed by atoms with Crippen molar-refractivity contribution in [3.8, 4) is 5.75 Å². The molecule has 1 fully saturated rings. The van der Waals surface area contributed by atoms with Gasteiger partial charge in [-0.1, -0.05) is 0 Å². The number of nitrogens with one attached hydrogen (secondary N) is 1. The molecule has 2 aromatic carbocycles. The Kier molecular flexibility index (Phi) is 6.52. The van der Waals surface area contributed by atoms with E-state index in [1.54, 1.807) is 37.6 Å². The van der Waals surface area contributed by atoms with E-state index < -0.39 is 0 Å². The molecule has 1 aromatic heterocycles. The third kappa shape index (κ3) is 5.06. The molecule has 0 radical (unpaired) electrons. The number of rotatable bonds is 7. The van der Waals surface area contributed by atoms with E-state index in [0.29, 0.717) is 17.9 Å². The molecule has 1 amide bonds. The van der Waals surface area contributed by atoms with E-state index in [1.165, 1.54) is 12.1 Å². The van der Waals surface area contributed by atoms with Crippen LogP contribution in [0, 0.1) is 5.82 Å². The van der Waals surface area contributed by atoms with Gasteiger partial charge in [-0.2, -0.15) is 0 Å². The SMILES string of the molecule is COc1ccc(C(=O)NCC(c2ccco2)N2CCN(c3ccc(F)cc3)CC2)cc1. The largest absolute Gasteiger partial charge is 0.497 e. The number of nitrogens with zero attached hydrogens (tertiary/aromatic N) is 2. The van der Waals surface area contributed by atoms with Crippen LogP contribution >= 0.6 is 0 Å². The molecule has 4 rings (SSSR count). The maximum atomic E-state index is 13.2. The molecular formula is C24H26FN3O3. The number of carbonyl (C=O) groups excluding carboxylic acids is 1. The molecule has 7 heteroatoms. The van der Waals surface area contributed by atoms with Crippen molar-refractivity contribution in [3.63, 3.8) is 0 Å². The summed E-state index contributed by atoms with van der Waals surface area (Å²) >= 11 is 0. The highest BCUT2D eigenvalue weighted by Gasteiger charge is 2.27. The van der Waals surface area contributed by atoms with Crippen molar-refractivity contribution in [2.24, 2.45) is 0 Å². The summed E-state index contributed by atoms with van der Waals surface area (Å²) in [7, 11) is 1.60. The zero-order valence-electron chi connectivity index (χ0n) is 17.5. The van der Waals surface area contributed by atoms with Crippen molar-refractivity contribution in [2.45, 2.75) is 6.04 Å². The summed E-state index contributed by atoms with van der Waals surface area (Å²) in [5.74, 6) is 1.17. The maximum Gasteiger partial charge on any atom is 0.251 e. The van der Waals surface area contributed by atoms with E-state index >= 15 is 0 Å². The molecule has 2 heterocycles. The van der Waals surface area contributed by atoms with Crippen LogP contribution in [0.4, 0.5) is 10.1 Å². The molecule has 1 N–H and O–H groups in total. The van der Waals surface area contributed by atoms with Gasteiger partial charge >= 0.3 is 0 Å². The van der Waals surface area contributed by atoms with Gasteiger partial charge in [0, 0.05) is 44.0 Å². The molecule has 0 aliphatic carbocycles. The van der Waals surface area contributed by atoms with Crippen molar-refractivity contribution in [1.82, 2.24) is 10.2 Å². The second-order valence-electron chi connectivity index (χ2n) is 7.47. The normalized spacial score (nSPS) is 15.5. The van der Waals surface area contributed by atoms with E-state index in [9.17, 15) is 9.18 Å². The summed E-state index contributed by atoms with van der Waals surface area (Å²) in [5.41, 5.74) is 1.60. The van der Waals surface area contributed by atoms with E-state index in [4.69, 9.17) is 9.15 Å². The van der Waals surface area contributed by atoms with Crippen LogP contribution in [0.3, 0.4) is 0 Å². The second kappa shape index (κ2) is 9.66. The summed E-state index contributed by atoms with van der Waals surface area (Å²) in [5, 5.41) is 3.03. The van der Waals surface area contributed by atoms with Crippen molar-refractivity contribution in [1.29, 1.82) is 0 Å². The van der Waals surface area contributed by atoms with Gasteiger partial charge in [0.15, 0.2) is 0 Å². The summed E-state index contributed by atoms with van der Waals surface area (Å²) < 4.78 is 24.0. The van der Waals surface area contributed by atoms with Crippen LogP contribution < -0.4 is 15.0 Å². The number of benzene rings is 2. The predicted molar refractivity (Wildman–Crippen MR) is 117 cm³/mol. The molecule has 31 heavy (non-hydrogen) atoms. The quantitative estimate of drug-likeness (QED) is 0.628. The fourth-order valence-corrected chi connectivity index (χ4v) is 3.87. The van der Waals surface area contributed by atoms with Gasteiger partial charge < -0.3 is 19.4 Å². The van der Waals surface area contributed by atoms with Gasteiger partial charge in [-0.05, 0) is 60.7 Å². The highest BCUT2D eigenvalue weighted by atomic mass is 19.1. The number of piperazine rings is 1. The summed E-state index contributed by atoms with van der Waals surface area (Å²) in [6.45, 7) is 3.68. The number of anilines is 1. The van der Waals surface area contributed by atoms with Crippen molar-refractivity contribution >= 4 is 11.6 Å². The number of amides is 1. The highest BCUT2D eigenvalue weighted by molar-refractivity contribution is 5.94. The fourth-order valence-electron chi connectivity index (χ4n) is 3.87. The van der Waals surface area contributed by atoms with Crippen LogP contribution in [-0.2, 0) is 0 Å². The Morgan fingerprint density at radius 3 is 2.39 bits per heavy atom. The van der Waals surface area contributed by atoms with Crippen molar-refractivity contribution in [2.75, 3.05) is 44.7 Å². The number of furan rings is 1. The molecule has 1 unspecified atom stereocenters. The standard InChI is InChI=1S/C24H26FN3O3/c1-30-21-10-4-18(5-11-21)24(29)26-17-22(23-3-2-16-31-23)28-14-12-27(13-15-28)20-8-6-19(25)7-9-20/h2-11,16,22H,12-15,17H2,1H3,(H,26,29). The zero-order valence-corrected chi connectivity index (χ0v) is 17.5. The molecule has 1 saturated heterocycles. The Balaban J connectivity index is 1.39. The number of halogens is 1. The number of carbonyl (C=O) groups is 1. The highest BCUT2D eigenvalue weighted by Crippen LogP contribution is 2.25. The molecular weight excluding hydrogens is 397 g/mol. The minimum Gasteiger partial charge on any atom is -0.497 e. The first-order chi connectivity index (χ1) is 15.1. The second-order valence-corrected chi connectivity index (χ2v) is 7.47. The van der Waals surface area contributed by atoms with Crippen LogP contribution in [0.2, 0.25) is 0 Å². The van der Waals surface area contributed by atoms with Gasteiger partial charge in [0.1, 0.15) is 17.3 Å².